The summed E-state index contributed by atoms with van der Waals surface area (Å²) in [7, 11) is 0. The van der Waals surface area contributed by atoms with Gasteiger partial charge in [-0.2, -0.15) is 0 Å². The minimum Gasteiger partial charge on any atom is -0.494 e. The molecular formula is C22H31NO2. The Bertz CT molecular complexity index is 588. The molecule has 0 bridgehead atoms. The standard InChI is InChI=1S/C22H31NO2/c1-22(23,24)17-8-12-20-13-15-21(16-14-20)25-18-7-3-6-11-19-9-4-2-5-10-19/h2,4-5,9-10,13-16,24H,3,6-8,11-12,17-18,23H2,1H3. The molecule has 0 aliphatic rings. The average molecular weight is 341 g/mol. The molecule has 0 saturated heterocycles. The smallest absolute Gasteiger partial charge is 0.119 e. The molecule has 0 aromatic heterocycles. The summed E-state index contributed by atoms with van der Waals surface area (Å²) < 4.78 is 5.81. The van der Waals surface area contributed by atoms with Gasteiger partial charge in [-0.15, -0.1) is 0 Å². The van der Waals surface area contributed by atoms with Crippen molar-refractivity contribution in [3.8, 4) is 5.75 Å². The number of rotatable bonds is 11. The predicted octanol–water partition coefficient (Wildman–Crippen LogP) is 4.47. The number of unbranched alkanes of at least 4 members (excludes halogenated alkanes) is 2. The van der Waals surface area contributed by atoms with E-state index in [2.05, 4.69) is 42.5 Å². The van der Waals surface area contributed by atoms with Crippen LogP contribution < -0.4 is 10.5 Å². The van der Waals surface area contributed by atoms with Crippen LogP contribution in [0.3, 0.4) is 0 Å². The molecule has 0 fully saturated rings. The van der Waals surface area contributed by atoms with E-state index in [1.807, 2.05) is 12.1 Å². The highest BCUT2D eigenvalue weighted by molar-refractivity contribution is 5.27. The number of aryl methyl sites for hydroxylation is 2. The Morgan fingerprint density at radius 2 is 1.48 bits per heavy atom. The van der Waals surface area contributed by atoms with Crippen molar-refractivity contribution in [1.29, 1.82) is 0 Å². The molecule has 25 heavy (non-hydrogen) atoms. The summed E-state index contributed by atoms with van der Waals surface area (Å²) in [6.07, 6.45) is 7.03. The summed E-state index contributed by atoms with van der Waals surface area (Å²) in [5.41, 5.74) is 7.18. The molecule has 3 nitrogen and oxygen atoms in total. The molecule has 2 aromatic carbocycles. The maximum absolute atomic E-state index is 9.52. The van der Waals surface area contributed by atoms with Crippen LogP contribution in [0.15, 0.2) is 54.6 Å². The van der Waals surface area contributed by atoms with Crippen molar-refractivity contribution >= 4 is 0 Å². The van der Waals surface area contributed by atoms with E-state index < -0.39 is 5.72 Å². The van der Waals surface area contributed by atoms with Gasteiger partial charge in [0.15, 0.2) is 0 Å². The Labute approximate surface area is 151 Å². The fourth-order valence-electron chi connectivity index (χ4n) is 2.85. The normalized spacial score (nSPS) is 13.4. The van der Waals surface area contributed by atoms with Crippen molar-refractivity contribution in [3.05, 3.63) is 65.7 Å². The van der Waals surface area contributed by atoms with E-state index in [4.69, 9.17) is 10.5 Å². The third kappa shape index (κ3) is 8.71. The lowest BCUT2D eigenvalue weighted by atomic mass is 10.0. The maximum Gasteiger partial charge on any atom is 0.119 e. The van der Waals surface area contributed by atoms with Crippen LogP contribution in [0.4, 0.5) is 0 Å². The van der Waals surface area contributed by atoms with E-state index in [1.165, 1.54) is 24.0 Å². The molecule has 3 N–H and O–H groups in total. The number of hydrogen-bond donors (Lipinski definition) is 2. The zero-order valence-electron chi connectivity index (χ0n) is 15.3. The van der Waals surface area contributed by atoms with Crippen molar-refractivity contribution < 1.29 is 9.84 Å². The minimum atomic E-state index is -1.07. The second-order valence-electron chi connectivity index (χ2n) is 7.00. The second kappa shape index (κ2) is 10.2. The number of hydrogen-bond acceptors (Lipinski definition) is 3. The molecule has 136 valence electrons. The molecule has 0 radical (unpaired) electrons. The predicted molar refractivity (Wildman–Crippen MR) is 104 cm³/mol. The lowest BCUT2D eigenvalue weighted by molar-refractivity contribution is 0.0559. The molecule has 1 atom stereocenters. The first-order chi connectivity index (χ1) is 12.0. The first-order valence-electron chi connectivity index (χ1n) is 9.30. The van der Waals surface area contributed by atoms with Gasteiger partial charge in [0.1, 0.15) is 11.5 Å². The highest BCUT2D eigenvalue weighted by Gasteiger charge is 2.11. The quantitative estimate of drug-likeness (QED) is 0.468. The lowest BCUT2D eigenvalue weighted by Gasteiger charge is -2.16. The molecule has 2 rings (SSSR count). The van der Waals surface area contributed by atoms with Gasteiger partial charge in [0.2, 0.25) is 0 Å². The molecule has 0 spiro atoms. The summed E-state index contributed by atoms with van der Waals surface area (Å²) in [5, 5.41) is 9.52. The van der Waals surface area contributed by atoms with Gasteiger partial charge < -0.3 is 15.6 Å². The van der Waals surface area contributed by atoms with Gasteiger partial charge >= 0.3 is 0 Å². The van der Waals surface area contributed by atoms with E-state index in [1.54, 1.807) is 6.92 Å². The maximum atomic E-state index is 9.52. The number of ether oxygens (including phenoxy) is 1. The minimum absolute atomic E-state index is 0.605. The van der Waals surface area contributed by atoms with Crippen LogP contribution >= 0.6 is 0 Å². The van der Waals surface area contributed by atoms with Crippen molar-refractivity contribution in [2.24, 2.45) is 5.73 Å². The molecule has 0 amide bonds. The molecule has 3 heteroatoms. The summed E-state index contributed by atoms with van der Waals surface area (Å²) in [4.78, 5) is 0. The highest BCUT2D eigenvalue weighted by Crippen LogP contribution is 2.16. The van der Waals surface area contributed by atoms with E-state index in [0.29, 0.717) is 6.42 Å². The largest absolute Gasteiger partial charge is 0.494 e. The monoisotopic (exact) mass is 341 g/mol. The van der Waals surface area contributed by atoms with Crippen LogP contribution in [0.5, 0.6) is 5.75 Å². The van der Waals surface area contributed by atoms with Crippen molar-refractivity contribution in [2.75, 3.05) is 6.61 Å². The van der Waals surface area contributed by atoms with Crippen molar-refractivity contribution in [3.63, 3.8) is 0 Å². The van der Waals surface area contributed by atoms with Crippen LogP contribution in [0.1, 0.15) is 50.2 Å². The third-order valence-corrected chi connectivity index (χ3v) is 4.29. The van der Waals surface area contributed by atoms with Gasteiger partial charge in [-0.25, -0.2) is 0 Å². The second-order valence-corrected chi connectivity index (χ2v) is 7.00. The zero-order chi connectivity index (χ0) is 18.0. The number of nitrogens with two attached hydrogens (primary N) is 1. The molecule has 0 aliphatic carbocycles. The van der Waals surface area contributed by atoms with Crippen LogP contribution in [-0.2, 0) is 12.8 Å². The molecule has 0 heterocycles. The number of benzene rings is 2. The Hall–Kier alpha value is -1.84. The Morgan fingerprint density at radius 1 is 0.840 bits per heavy atom. The Kier molecular flexibility index (Phi) is 7.96. The molecule has 0 saturated carbocycles. The molecule has 2 aromatic rings. The fourth-order valence-corrected chi connectivity index (χ4v) is 2.85. The van der Waals surface area contributed by atoms with E-state index in [-0.39, 0.29) is 0 Å². The summed E-state index contributed by atoms with van der Waals surface area (Å²) in [5.74, 6) is 0.928. The summed E-state index contributed by atoms with van der Waals surface area (Å²) in [6, 6.07) is 18.9. The molecule has 1 unspecified atom stereocenters. The first-order valence-corrected chi connectivity index (χ1v) is 9.30. The van der Waals surface area contributed by atoms with Crippen molar-refractivity contribution in [1.82, 2.24) is 0 Å². The van der Waals surface area contributed by atoms with Crippen LogP contribution in [0.25, 0.3) is 0 Å². The van der Waals surface area contributed by atoms with Gasteiger partial charge in [-0.3, -0.25) is 0 Å². The highest BCUT2D eigenvalue weighted by atomic mass is 16.5. The molecular weight excluding hydrogens is 310 g/mol. The van der Waals surface area contributed by atoms with E-state index in [0.717, 1.165) is 38.0 Å². The topological polar surface area (TPSA) is 55.5 Å². The van der Waals surface area contributed by atoms with Gasteiger partial charge in [-0.05, 0) is 75.1 Å². The Balaban J connectivity index is 1.57. The molecule has 0 aliphatic heterocycles. The van der Waals surface area contributed by atoms with Crippen LogP contribution in [0, 0.1) is 0 Å². The summed E-state index contributed by atoms with van der Waals surface area (Å²) >= 11 is 0. The van der Waals surface area contributed by atoms with Gasteiger partial charge in [-0.1, -0.05) is 42.5 Å². The average Bonchev–Trinajstić information content (AvgIpc) is 2.59. The van der Waals surface area contributed by atoms with Gasteiger partial charge in [0.05, 0.1) is 6.61 Å². The third-order valence-electron chi connectivity index (χ3n) is 4.29. The first kappa shape index (κ1) is 19.5. The van der Waals surface area contributed by atoms with Crippen LogP contribution in [0.2, 0.25) is 0 Å². The van der Waals surface area contributed by atoms with Crippen LogP contribution in [-0.4, -0.2) is 17.4 Å². The van der Waals surface area contributed by atoms with Gasteiger partial charge in [0, 0.05) is 0 Å². The summed E-state index contributed by atoms with van der Waals surface area (Å²) in [6.45, 7) is 2.41. The van der Waals surface area contributed by atoms with E-state index >= 15 is 0 Å². The van der Waals surface area contributed by atoms with Crippen molar-refractivity contribution in [2.45, 2.75) is 57.6 Å². The number of aliphatic hydroxyl groups is 1. The van der Waals surface area contributed by atoms with E-state index in [9.17, 15) is 5.11 Å². The SMILES string of the molecule is CC(N)(O)CCCc1ccc(OCCCCCc2ccccc2)cc1. The lowest BCUT2D eigenvalue weighted by Crippen LogP contribution is -2.35. The Morgan fingerprint density at radius 3 is 2.16 bits per heavy atom. The van der Waals surface area contributed by atoms with Gasteiger partial charge in [0.25, 0.3) is 0 Å². The zero-order valence-corrected chi connectivity index (χ0v) is 15.3. The fraction of sp³-hybridized carbons (Fsp3) is 0.455.